The molecule has 3 rings (SSSR count). The van der Waals surface area contributed by atoms with Crippen LogP contribution in [0.5, 0.6) is 0 Å². The Kier molecular flexibility index (Phi) is 5.82. The van der Waals surface area contributed by atoms with Crippen molar-refractivity contribution in [2.75, 3.05) is 19.6 Å². The molecule has 2 N–H and O–H groups in total. The number of benzene rings is 2. The molecule has 1 saturated heterocycles. The molecule has 1 fully saturated rings. The number of hydrogen-bond donors (Lipinski definition) is 1. The van der Waals surface area contributed by atoms with Crippen molar-refractivity contribution in [1.29, 1.82) is 0 Å². The monoisotopic (exact) mass is 354 g/mol. The van der Waals surface area contributed by atoms with E-state index in [0.717, 1.165) is 18.0 Å². The average molecular weight is 355 g/mol. The second-order valence-electron chi connectivity index (χ2n) is 6.83. The third kappa shape index (κ3) is 4.25. The maximum absolute atomic E-state index is 12.9. The normalized spacial score (nSPS) is 21.3. The van der Waals surface area contributed by atoms with Gasteiger partial charge in [0.05, 0.1) is 5.25 Å². The van der Waals surface area contributed by atoms with Gasteiger partial charge in [0.15, 0.2) is 0 Å². The van der Waals surface area contributed by atoms with E-state index >= 15 is 0 Å². The predicted molar refractivity (Wildman–Crippen MR) is 105 cm³/mol. The predicted octanol–water partition coefficient (Wildman–Crippen LogP) is 3.68. The largest absolute Gasteiger partial charge is 0.341 e. The molecule has 0 spiro atoms. The fourth-order valence-electron chi connectivity index (χ4n) is 3.50. The molecule has 0 bridgehead atoms. The molecule has 1 aliphatic heterocycles. The highest BCUT2D eigenvalue weighted by atomic mass is 32.2. The van der Waals surface area contributed by atoms with Gasteiger partial charge in [0.2, 0.25) is 5.91 Å². The SMILES string of the molecule is Cc1ccc(SC(C)C(=O)N2C[C@@H](CN)[C@H](c3ccccc3)C2)cc1. The Hall–Kier alpha value is -1.78. The molecule has 3 nitrogen and oxygen atoms in total. The van der Waals surface area contributed by atoms with Crippen LogP contribution in [0, 0.1) is 12.8 Å². The Labute approximate surface area is 154 Å². The Morgan fingerprint density at radius 3 is 2.48 bits per heavy atom. The summed E-state index contributed by atoms with van der Waals surface area (Å²) in [4.78, 5) is 16.1. The van der Waals surface area contributed by atoms with Crippen molar-refractivity contribution in [3.8, 4) is 0 Å². The number of amides is 1. The number of nitrogens with two attached hydrogens (primary N) is 1. The molecule has 132 valence electrons. The molecule has 1 aliphatic rings. The Morgan fingerprint density at radius 2 is 1.84 bits per heavy atom. The number of hydrogen-bond acceptors (Lipinski definition) is 3. The van der Waals surface area contributed by atoms with Gasteiger partial charge in [-0.1, -0.05) is 48.0 Å². The first kappa shape index (κ1) is 18.0. The zero-order valence-corrected chi connectivity index (χ0v) is 15.7. The highest BCUT2D eigenvalue weighted by Gasteiger charge is 2.36. The molecule has 4 heteroatoms. The number of carbonyl (C=O) groups is 1. The highest BCUT2D eigenvalue weighted by molar-refractivity contribution is 8.00. The minimum atomic E-state index is -0.0874. The summed E-state index contributed by atoms with van der Waals surface area (Å²) in [5, 5.41) is -0.0874. The molecule has 0 aromatic heterocycles. The molecule has 1 unspecified atom stereocenters. The number of aryl methyl sites for hydroxylation is 1. The van der Waals surface area contributed by atoms with Crippen molar-refractivity contribution in [3.05, 3.63) is 65.7 Å². The zero-order valence-electron chi connectivity index (χ0n) is 14.9. The first-order valence-electron chi connectivity index (χ1n) is 8.85. The van der Waals surface area contributed by atoms with Crippen LogP contribution in [-0.2, 0) is 4.79 Å². The van der Waals surface area contributed by atoms with Gasteiger partial charge in [0, 0.05) is 23.9 Å². The van der Waals surface area contributed by atoms with Crippen LogP contribution in [0.3, 0.4) is 0 Å². The van der Waals surface area contributed by atoms with Crippen LogP contribution in [0.4, 0.5) is 0 Å². The van der Waals surface area contributed by atoms with E-state index in [4.69, 9.17) is 5.73 Å². The summed E-state index contributed by atoms with van der Waals surface area (Å²) in [6.45, 7) is 6.21. The second kappa shape index (κ2) is 8.07. The summed E-state index contributed by atoms with van der Waals surface area (Å²) in [7, 11) is 0. The fourth-order valence-corrected chi connectivity index (χ4v) is 4.45. The molecular formula is C21H26N2OS. The summed E-state index contributed by atoms with van der Waals surface area (Å²) in [5.41, 5.74) is 8.51. The van der Waals surface area contributed by atoms with E-state index in [1.54, 1.807) is 11.8 Å². The van der Waals surface area contributed by atoms with Gasteiger partial charge >= 0.3 is 0 Å². The van der Waals surface area contributed by atoms with E-state index in [2.05, 4.69) is 55.5 Å². The summed E-state index contributed by atoms with van der Waals surface area (Å²) >= 11 is 1.63. The van der Waals surface area contributed by atoms with Gasteiger partial charge < -0.3 is 10.6 Å². The smallest absolute Gasteiger partial charge is 0.235 e. The molecular weight excluding hydrogens is 328 g/mol. The number of thioether (sulfide) groups is 1. The molecule has 2 aromatic rings. The molecule has 0 aliphatic carbocycles. The molecule has 0 saturated carbocycles. The van der Waals surface area contributed by atoms with Gasteiger partial charge in [-0.2, -0.15) is 0 Å². The van der Waals surface area contributed by atoms with E-state index in [0.29, 0.717) is 18.4 Å². The topological polar surface area (TPSA) is 46.3 Å². The molecule has 1 heterocycles. The van der Waals surface area contributed by atoms with Gasteiger partial charge in [0.1, 0.15) is 0 Å². The lowest BCUT2D eigenvalue weighted by molar-refractivity contribution is -0.129. The Balaban J connectivity index is 1.66. The van der Waals surface area contributed by atoms with Crippen molar-refractivity contribution in [2.45, 2.75) is 29.9 Å². The van der Waals surface area contributed by atoms with Crippen LogP contribution in [0.2, 0.25) is 0 Å². The highest BCUT2D eigenvalue weighted by Crippen LogP contribution is 2.34. The number of rotatable bonds is 5. The van der Waals surface area contributed by atoms with E-state index < -0.39 is 0 Å². The standard InChI is InChI=1S/C21H26N2OS/c1-15-8-10-19(11-9-15)25-16(2)21(24)23-13-18(12-22)20(14-23)17-6-4-3-5-7-17/h3-11,16,18,20H,12-14,22H2,1-2H3/t16?,18-,20+/m1/s1. The lowest BCUT2D eigenvalue weighted by Crippen LogP contribution is -2.35. The van der Waals surface area contributed by atoms with Crippen LogP contribution in [0.1, 0.15) is 24.0 Å². The van der Waals surface area contributed by atoms with Crippen LogP contribution < -0.4 is 5.73 Å². The van der Waals surface area contributed by atoms with E-state index in [-0.39, 0.29) is 11.2 Å². The minimum absolute atomic E-state index is 0.0874. The Morgan fingerprint density at radius 1 is 1.16 bits per heavy atom. The van der Waals surface area contributed by atoms with Gasteiger partial charge in [-0.05, 0) is 44.0 Å². The van der Waals surface area contributed by atoms with Crippen molar-refractivity contribution < 1.29 is 4.79 Å². The van der Waals surface area contributed by atoms with Crippen molar-refractivity contribution in [2.24, 2.45) is 11.7 Å². The third-order valence-corrected chi connectivity index (χ3v) is 6.06. The maximum atomic E-state index is 12.9. The van der Waals surface area contributed by atoms with Crippen LogP contribution in [-0.4, -0.2) is 35.7 Å². The lowest BCUT2D eigenvalue weighted by atomic mass is 9.89. The van der Waals surface area contributed by atoms with Crippen molar-refractivity contribution in [1.82, 2.24) is 4.90 Å². The first-order valence-corrected chi connectivity index (χ1v) is 9.73. The number of carbonyl (C=O) groups excluding carboxylic acids is 1. The van der Waals surface area contributed by atoms with Gasteiger partial charge in [-0.3, -0.25) is 4.79 Å². The quantitative estimate of drug-likeness (QED) is 0.833. The first-order chi connectivity index (χ1) is 12.1. The summed E-state index contributed by atoms with van der Waals surface area (Å²) in [5.74, 6) is 0.886. The average Bonchev–Trinajstić information content (AvgIpc) is 3.08. The summed E-state index contributed by atoms with van der Waals surface area (Å²) in [6.07, 6.45) is 0. The number of likely N-dealkylation sites (tertiary alicyclic amines) is 1. The molecule has 1 amide bonds. The van der Waals surface area contributed by atoms with E-state index in [1.165, 1.54) is 11.1 Å². The Bertz CT molecular complexity index is 702. The summed E-state index contributed by atoms with van der Waals surface area (Å²) in [6, 6.07) is 18.8. The lowest BCUT2D eigenvalue weighted by Gasteiger charge is -2.21. The molecule has 0 radical (unpaired) electrons. The summed E-state index contributed by atoms with van der Waals surface area (Å²) < 4.78 is 0. The third-order valence-electron chi connectivity index (χ3n) is 4.96. The number of nitrogens with zero attached hydrogens (tertiary/aromatic N) is 1. The molecule has 25 heavy (non-hydrogen) atoms. The fraction of sp³-hybridized carbons (Fsp3) is 0.381. The molecule has 3 atom stereocenters. The minimum Gasteiger partial charge on any atom is -0.341 e. The van der Waals surface area contributed by atoms with Crippen LogP contribution >= 0.6 is 11.8 Å². The maximum Gasteiger partial charge on any atom is 0.235 e. The van der Waals surface area contributed by atoms with Gasteiger partial charge in [0.25, 0.3) is 0 Å². The van der Waals surface area contributed by atoms with Crippen molar-refractivity contribution in [3.63, 3.8) is 0 Å². The zero-order chi connectivity index (χ0) is 17.8. The second-order valence-corrected chi connectivity index (χ2v) is 8.24. The van der Waals surface area contributed by atoms with Crippen LogP contribution in [0.25, 0.3) is 0 Å². The van der Waals surface area contributed by atoms with Gasteiger partial charge in [-0.25, -0.2) is 0 Å². The van der Waals surface area contributed by atoms with E-state index in [1.807, 2.05) is 17.9 Å². The van der Waals surface area contributed by atoms with Crippen molar-refractivity contribution >= 4 is 17.7 Å². The van der Waals surface area contributed by atoms with Gasteiger partial charge in [-0.15, -0.1) is 11.8 Å². The molecule has 2 aromatic carbocycles. The van der Waals surface area contributed by atoms with Crippen LogP contribution in [0.15, 0.2) is 59.5 Å². The van der Waals surface area contributed by atoms with E-state index in [9.17, 15) is 4.79 Å².